The fourth-order valence-electron chi connectivity index (χ4n) is 3.15. The normalized spacial score (nSPS) is 17.0. The van der Waals surface area contributed by atoms with E-state index in [4.69, 9.17) is 9.47 Å². The van der Waals surface area contributed by atoms with Gasteiger partial charge in [-0.25, -0.2) is 0 Å². The van der Waals surface area contributed by atoms with Gasteiger partial charge in [-0.2, -0.15) is 5.10 Å². The molecule has 7 heteroatoms. The number of nitrogens with zero attached hydrogens (tertiary/aromatic N) is 4. The van der Waals surface area contributed by atoms with Gasteiger partial charge in [0.15, 0.2) is 0 Å². The largest absolute Gasteiger partial charge is 0.497 e. The molecule has 7 nitrogen and oxygen atoms in total. The minimum atomic E-state index is -0.0327. The average Bonchev–Trinajstić information content (AvgIpc) is 3.10. The molecular formula is C19H26N4O3. The highest BCUT2D eigenvalue weighted by molar-refractivity contribution is 5.76. The summed E-state index contributed by atoms with van der Waals surface area (Å²) in [6, 6.07) is 10.3. The van der Waals surface area contributed by atoms with Crippen molar-refractivity contribution in [1.29, 1.82) is 0 Å². The molecule has 26 heavy (non-hydrogen) atoms. The molecule has 1 atom stereocenters. The van der Waals surface area contributed by atoms with Crippen LogP contribution in [0.1, 0.15) is 17.3 Å². The lowest BCUT2D eigenvalue weighted by Gasteiger charge is -2.33. The number of hydrogen-bond donors (Lipinski definition) is 0. The Morgan fingerprint density at radius 3 is 2.96 bits per heavy atom. The van der Waals surface area contributed by atoms with E-state index in [2.05, 4.69) is 22.1 Å². The number of carbonyl (C=O) groups excluding carboxylic acids is 1. The molecule has 0 radical (unpaired) electrons. The van der Waals surface area contributed by atoms with Gasteiger partial charge in [-0.15, -0.1) is 0 Å². The molecule has 1 unspecified atom stereocenters. The highest BCUT2D eigenvalue weighted by atomic mass is 16.5. The van der Waals surface area contributed by atoms with E-state index in [0.29, 0.717) is 6.61 Å². The van der Waals surface area contributed by atoms with Crippen LogP contribution in [0.2, 0.25) is 0 Å². The van der Waals surface area contributed by atoms with Gasteiger partial charge < -0.3 is 14.4 Å². The molecule has 140 valence electrons. The Kier molecular flexibility index (Phi) is 5.90. The second kappa shape index (κ2) is 8.33. The number of methoxy groups -OCH3 is 1. The molecule has 0 spiro atoms. The molecule has 2 heterocycles. The summed E-state index contributed by atoms with van der Waals surface area (Å²) in [5.74, 6) is 0.835. The van der Waals surface area contributed by atoms with E-state index in [1.165, 1.54) is 10.5 Å². The van der Waals surface area contributed by atoms with Gasteiger partial charge in [-0.3, -0.25) is 14.4 Å². The molecule has 0 fully saturated rings. The van der Waals surface area contributed by atoms with Gasteiger partial charge in [0.2, 0.25) is 5.91 Å². The summed E-state index contributed by atoms with van der Waals surface area (Å²) in [6.45, 7) is 3.04. The molecule has 1 aliphatic rings. The van der Waals surface area contributed by atoms with Crippen LogP contribution in [0.5, 0.6) is 5.75 Å². The van der Waals surface area contributed by atoms with E-state index >= 15 is 0 Å². The summed E-state index contributed by atoms with van der Waals surface area (Å²) in [5.41, 5.74) is 2.37. The Bertz CT molecular complexity index is 744. The maximum Gasteiger partial charge on any atom is 0.248 e. The summed E-state index contributed by atoms with van der Waals surface area (Å²) in [4.78, 5) is 15.6. The predicted octanol–water partition coefficient (Wildman–Crippen LogP) is 1.55. The van der Waals surface area contributed by atoms with Crippen LogP contribution in [0.3, 0.4) is 0 Å². The Balaban J connectivity index is 1.64. The molecular weight excluding hydrogens is 332 g/mol. The first kappa shape index (κ1) is 18.4. The first-order valence-corrected chi connectivity index (χ1v) is 8.72. The van der Waals surface area contributed by atoms with Crippen LogP contribution < -0.4 is 4.74 Å². The molecule has 1 aliphatic heterocycles. The van der Waals surface area contributed by atoms with Crippen molar-refractivity contribution in [3.05, 3.63) is 47.8 Å². The van der Waals surface area contributed by atoms with Crippen molar-refractivity contribution in [2.45, 2.75) is 19.1 Å². The molecule has 1 aromatic carbocycles. The Morgan fingerprint density at radius 1 is 1.35 bits per heavy atom. The van der Waals surface area contributed by atoms with Gasteiger partial charge in [0.05, 0.1) is 25.5 Å². The van der Waals surface area contributed by atoms with Gasteiger partial charge in [0.25, 0.3) is 0 Å². The molecule has 0 aliphatic carbocycles. The number of aromatic nitrogens is 2. The molecule has 1 amide bonds. The third kappa shape index (κ3) is 4.42. The van der Waals surface area contributed by atoms with E-state index in [9.17, 15) is 4.79 Å². The van der Waals surface area contributed by atoms with Crippen LogP contribution >= 0.6 is 0 Å². The monoisotopic (exact) mass is 358 g/mol. The predicted molar refractivity (Wildman–Crippen MR) is 97.9 cm³/mol. The Labute approximate surface area is 154 Å². The van der Waals surface area contributed by atoms with Crippen LogP contribution in [-0.2, 0) is 22.6 Å². The number of likely N-dealkylation sites (N-methyl/N-ethyl adjacent to an activating group) is 1. The van der Waals surface area contributed by atoms with Gasteiger partial charge in [0, 0.05) is 39.9 Å². The Hall–Kier alpha value is -2.38. The number of ether oxygens (including phenoxy) is 2. The van der Waals surface area contributed by atoms with Crippen LogP contribution in [0.25, 0.3) is 0 Å². The average molecular weight is 358 g/mol. The van der Waals surface area contributed by atoms with Crippen molar-refractivity contribution in [2.75, 3.05) is 41.0 Å². The lowest BCUT2D eigenvalue weighted by molar-refractivity contribution is -0.134. The summed E-state index contributed by atoms with van der Waals surface area (Å²) in [5, 5.41) is 4.43. The quantitative estimate of drug-likeness (QED) is 0.752. The minimum absolute atomic E-state index is 0.0327. The number of amides is 1. The zero-order valence-electron chi connectivity index (χ0n) is 15.6. The molecule has 0 bridgehead atoms. The first-order chi connectivity index (χ1) is 12.6. The molecule has 3 rings (SSSR count). The van der Waals surface area contributed by atoms with Gasteiger partial charge >= 0.3 is 0 Å². The smallest absolute Gasteiger partial charge is 0.248 e. The first-order valence-electron chi connectivity index (χ1n) is 8.72. The number of rotatable bonds is 7. The van der Waals surface area contributed by atoms with E-state index in [0.717, 1.165) is 31.1 Å². The fourth-order valence-corrected chi connectivity index (χ4v) is 3.15. The van der Waals surface area contributed by atoms with Gasteiger partial charge in [-0.05, 0) is 23.8 Å². The summed E-state index contributed by atoms with van der Waals surface area (Å²) >= 11 is 0. The maximum atomic E-state index is 11.7. The number of hydrogen-bond acceptors (Lipinski definition) is 5. The fraction of sp³-hybridized carbons (Fsp3) is 0.474. The SMILES string of the molecule is COc1cccc(CN2Cc3ccnn3C(COCC(=O)N(C)C)C2)c1. The van der Waals surface area contributed by atoms with Crippen molar-refractivity contribution in [3.63, 3.8) is 0 Å². The van der Waals surface area contributed by atoms with Crippen LogP contribution in [0.15, 0.2) is 36.5 Å². The van der Waals surface area contributed by atoms with E-state index in [1.807, 2.05) is 29.1 Å². The topological polar surface area (TPSA) is 59.8 Å². The van der Waals surface area contributed by atoms with Crippen molar-refractivity contribution >= 4 is 5.91 Å². The van der Waals surface area contributed by atoms with Crippen molar-refractivity contribution in [3.8, 4) is 5.75 Å². The second-order valence-electron chi connectivity index (χ2n) is 6.75. The third-order valence-corrected chi connectivity index (χ3v) is 4.53. The molecule has 0 saturated carbocycles. The lowest BCUT2D eigenvalue weighted by Crippen LogP contribution is -2.39. The highest BCUT2D eigenvalue weighted by Gasteiger charge is 2.26. The lowest BCUT2D eigenvalue weighted by atomic mass is 10.1. The number of fused-ring (bicyclic) bond motifs is 1. The van der Waals surface area contributed by atoms with Crippen molar-refractivity contribution < 1.29 is 14.3 Å². The Morgan fingerprint density at radius 2 is 2.19 bits per heavy atom. The van der Waals surface area contributed by atoms with E-state index < -0.39 is 0 Å². The van der Waals surface area contributed by atoms with Crippen LogP contribution in [-0.4, -0.2) is 66.5 Å². The molecule has 1 aromatic heterocycles. The number of carbonyl (C=O) groups is 1. The second-order valence-corrected chi connectivity index (χ2v) is 6.75. The van der Waals surface area contributed by atoms with E-state index in [1.54, 1.807) is 21.2 Å². The van der Waals surface area contributed by atoms with Crippen LogP contribution in [0.4, 0.5) is 0 Å². The summed E-state index contributed by atoms with van der Waals surface area (Å²) < 4.78 is 13.0. The standard InChI is InChI=1S/C19H26N4O3/c1-21(2)19(24)14-26-13-17-12-22(11-16-7-8-20-23(16)17)10-15-5-4-6-18(9-15)25-3/h4-9,17H,10-14H2,1-3H3. The minimum Gasteiger partial charge on any atom is -0.497 e. The van der Waals surface area contributed by atoms with E-state index in [-0.39, 0.29) is 18.6 Å². The van der Waals surface area contributed by atoms with Crippen molar-refractivity contribution in [2.24, 2.45) is 0 Å². The third-order valence-electron chi connectivity index (χ3n) is 4.53. The zero-order chi connectivity index (χ0) is 18.5. The molecule has 2 aromatic rings. The van der Waals surface area contributed by atoms with Crippen molar-refractivity contribution in [1.82, 2.24) is 19.6 Å². The van der Waals surface area contributed by atoms with Crippen LogP contribution in [0, 0.1) is 0 Å². The molecule has 0 saturated heterocycles. The summed E-state index contributed by atoms with van der Waals surface area (Å²) in [7, 11) is 5.14. The molecule has 0 N–H and O–H groups in total. The van der Waals surface area contributed by atoms with Gasteiger partial charge in [-0.1, -0.05) is 12.1 Å². The number of benzene rings is 1. The highest BCUT2D eigenvalue weighted by Crippen LogP contribution is 2.23. The van der Waals surface area contributed by atoms with Gasteiger partial charge in [0.1, 0.15) is 12.4 Å². The maximum absolute atomic E-state index is 11.7. The zero-order valence-corrected chi connectivity index (χ0v) is 15.6. The summed E-state index contributed by atoms with van der Waals surface area (Å²) in [6.07, 6.45) is 1.82.